The van der Waals surface area contributed by atoms with Gasteiger partial charge in [-0.2, -0.15) is 0 Å². The topological polar surface area (TPSA) is 46.6 Å². The molecule has 0 saturated heterocycles. The van der Waals surface area contributed by atoms with Gasteiger partial charge in [-0.3, -0.25) is 9.59 Å². The Kier molecular flexibility index (Phi) is 5.88. The summed E-state index contributed by atoms with van der Waals surface area (Å²) in [6, 6.07) is 6.79. The van der Waals surface area contributed by atoms with Gasteiger partial charge in [0.1, 0.15) is 5.75 Å². The largest absolute Gasteiger partial charge is 0.426 e. The van der Waals surface area contributed by atoms with Gasteiger partial charge in [0, 0.05) is 19.2 Å². The first kappa shape index (κ1) is 14.7. The molecule has 0 heterocycles. The number of carbonyl (C=O) groups excluding carboxylic acids is 2. The van der Waals surface area contributed by atoms with Crippen molar-refractivity contribution in [2.75, 3.05) is 26.4 Å². The average molecular weight is 267 g/mol. The molecule has 4 nitrogen and oxygen atoms in total. The third-order valence-corrected chi connectivity index (χ3v) is 3.00. The van der Waals surface area contributed by atoms with E-state index in [0.29, 0.717) is 17.1 Å². The molecule has 0 aliphatic heterocycles. The molecule has 0 aliphatic carbocycles. The third kappa shape index (κ3) is 4.89. The predicted molar refractivity (Wildman–Crippen MR) is 73.1 cm³/mol. The first-order valence-electron chi connectivity index (χ1n) is 5.60. The lowest BCUT2D eigenvalue weighted by atomic mass is 10.2. The maximum atomic E-state index is 12.0. The summed E-state index contributed by atoms with van der Waals surface area (Å²) >= 11 is 1.23. The van der Waals surface area contributed by atoms with Crippen LogP contribution < -0.4 is 4.74 Å². The van der Waals surface area contributed by atoms with Gasteiger partial charge >= 0.3 is 5.97 Å². The summed E-state index contributed by atoms with van der Waals surface area (Å²) in [5.74, 6) is 0.612. The second-order valence-corrected chi connectivity index (χ2v) is 5.10. The SMILES string of the molecule is CC(=O)Oc1ccccc1C(=O)SCCN(C)C. The number of esters is 1. The first-order valence-corrected chi connectivity index (χ1v) is 6.58. The quantitative estimate of drug-likeness (QED) is 0.603. The lowest BCUT2D eigenvalue weighted by Gasteiger charge is -2.09. The van der Waals surface area contributed by atoms with E-state index in [0.717, 1.165) is 6.54 Å². The fourth-order valence-corrected chi connectivity index (χ4v) is 2.24. The summed E-state index contributed by atoms with van der Waals surface area (Å²) in [6.07, 6.45) is 0. The van der Waals surface area contributed by atoms with Gasteiger partial charge in [-0.05, 0) is 26.2 Å². The lowest BCUT2D eigenvalue weighted by molar-refractivity contribution is -0.131. The Hall–Kier alpha value is -1.33. The number of hydrogen-bond acceptors (Lipinski definition) is 5. The van der Waals surface area contributed by atoms with E-state index in [1.807, 2.05) is 19.0 Å². The molecule has 0 saturated carbocycles. The first-order chi connectivity index (χ1) is 8.50. The number of ether oxygens (including phenoxy) is 1. The highest BCUT2D eigenvalue weighted by Crippen LogP contribution is 2.23. The number of para-hydroxylation sites is 1. The van der Waals surface area contributed by atoms with Crippen LogP contribution in [0.1, 0.15) is 17.3 Å². The van der Waals surface area contributed by atoms with Crippen LogP contribution in [0.25, 0.3) is 0 Å². The van der Waals surface area contributed by atoms with Crippen LogP contribution >= 0.6 is 11.8 Å². The van der Waals surface area contributed by atoms with Crippen LogP contribution in [-0.2, 0) is 4.79 Å². The average Bonchev–Trinajstić information content (AvgIpc) is 2.28. The van der Waals surface area contributed by atoms with E-state index in [1.165, 1.54) is 18.7 Å². The van der Waals surface area contributed by atoms with E-state index < -0.39 is 5.97 Å². The van der Waals surface area contributed by atoms with Crippen molar-refractivity contribution in [3.63, 3.8) is 0 Å². The molecule has 0 bridgehead atoms. The minimum absolute atomic E-state index is 0.0753. The standard InChI is InChI=1S/C13H17NO3S/c1-10(15)17-12-7-5-4-6-11(12)13(16)18-9-8-14(2)3/h4-7H,8-9H2,1-3H3. The zero-order valence-electron chi connectivity index (χ0n) is 10.8. The molecule has 1 rings (SSSR count). The van der Waals surface area contributed by atoms with Gasteiger partial charge in [0.15, 0.2) is 0 Å². The Morgan fingerprint density at radius 2 is 1.94 bits per heavy atom. The second kappa shape index (κ2) is 7.18. The maximum absolute atomic E-state index is 12.0. The molecule has 0 aromatic heterocycles. The highest BCUT2D eigenvalue weighted by atomic mass is 32.2. The molecule has 18 heavy (non-hydrogen) atoms. The van der Waals surface area contributed by atoms with Gasteiger partial charge in [-0.15, -0.1) is 0 Å². The van der Waals surface area contributed by atoms with Crippen LogP contribution in [-0.4, -0.2) is 42.4 Å². The number of thioether (sulfide) groups is 1. The van der Waals surface area contributed by atoms with Gasteiger partial charge in [0.25, 0.3) is 0 Å². The molecule has 0 amide bonds. The van der Waals surface area contributed by atoms with Gasteiger partial charge in [0.05, 0.1) is 5.56 Å². The molecule has 0 fully saturated rings. The summed E-state index contributed by atoms with van der Waals surface area (Å²) in [5.41, 5.74) is 0.441. The zero-order chi connectivity index (χ0) is 13.5. The molecule has 0 atom stereocenters. The molecule has 1 aromatic carbocycles. The van der Waals surface area contributed by atoms with E-state index in [1.54, 1.807) is 24.3 Å². The maximum Gasteiger partial charge on any atom is 0.308 e. The van der Waals surface area contributed by atoms with Crippen molar-refractivity contribution < 1.29 is 14.3 Å². The normalized spacial score (nSPS) is 10.4. The van der Waals surface area contributed by atoms with Crippen molar-refractivity contribution in [3.8, 4) is 5.75 Å². The van der Waals surface area contributed by atoms with E-state index in [9.17, 15) is 9.59 Å². The predicted octanol–water partition coefficient (Wildman–Crippen LogP) is 2.05. The number of hydrogen-bond donors (Lipinski definition) is 0. The minimum atomic E-state index is -0.423. The van der Waals surface area contributed by atoms with Crippen LogP contribution in [0.5, 0.6) is 5.75 Å². The van der Waals surface area contributed by atoms with E-state index in [4.69, 9.17) is 4.74 Å². The minimum Gasteiger partial charge on any atom is -0.426 e. The number of benzene rings is 1. The van der Waals surface area contributed by atoms with Crippen LogP contribution in [0.4, 0.5) is 0 Å². The summed E-state index contributed by atoms with van der Waals surface area (Å²) in [7, 11) is 3.91. The Bertz CT molecular complexity index is 432. The molecule has 0 unspecified atom stereocenters. The van der Waals surface area contributed by atoms with Crippen molar-refractivity contribution in [3.05, 3.63) is 29.8 Å². The van der Waals surface area contributed by atoms with Crippen LogP contribution in [0, 0.1) is 0 Å². The van der Waals surface area contributed by atoms with E-state index in [2.05, 4.69) is 0 Å². The van der Waals surface area contributed by atoms with Crippen molar-refractivity contribution in [1.29, 1.82) is 0 Å². The molecule has 0 spiro atoms. The highest BCUT2D eigenvalue weighted by molar-refractivity contribution is 8.14. The lowest BCUT2D eigenvalue weighted by Crippen LogP contribution is -2.16. The highest BCUT2D eigenvalue weighted by Gasteiger charge is 2.13. The number of rotatable bonds is 5. The smallest absolute Gasteiger partial charge is 0.308 e. The Labute approximate surface area is 111 Å². The van der Waals surface area contributed by atoms with Crippen LogP contribution in [0.15, 0.2) is 24.3 Å². The van der Waals surface area contributed by atoms with E-state index >= 15 is 0 Å². The number of nitrogens with zero attached hydrogens (tertiary/aromatic N) is 1. The summed E-state index contributed by atoms with van der Waals surface area (Å²) in [5, 5.41) is -0.0753. The Balaban J connectivity index is 2.69. The van der Waals surface area contributed by atoms with Crippen molar-refractivity contribution in [1.82, 2.24) is 4.90 Å². The molecule has 1 aromatic rings. The molecule has 98 valence electrons. The molecule has 0 aliphatic rings. The third-order valence-electron chi connectivity index (χ3n) is 2.13. The van der Waals surface area contributed by atoms with Crippen molar-refractivity contribution >= 4 is 22.8 Å². The van der Waals surface area contributed by atoms with Gasteiger partial charge < -0.3 is 9.64 Å². The second-order valence-electron chi connectivity index (χ2n) is 4.03. The summed E-state index contributed by atoms with van der Waals surface area (Å²) in [4.78, 5) is 24.9. The molecule has 0 radical (unpaired) electrons. The van der Waals surface area contributed by atoms with Crippen LogP contribution in [0.3, 0.4) is 0 Å². The Morgan fingerprint density at radius 3 is 2.56 bits per heavy atom. The zero-order valence-corrected chi connectivity index (χ0v) is 11.6. The fourth-order valence-electron chi connectivity index (χ4n) is 1.28. The Morgan fingerprint density at radius 1 is 1.28 bits per heavy atom. The molecule has 0 N–H and O–H groups in total. The fraction of sp³-hybridized carbons (Fsp3) is 0.385. The molecular weight excluding hydrogens is 250 g/mol. The van der Waals surface area contributed by atoms with E-state index in [-0.39, 0.29) is 5.12 Å². The van der Waals surface area contributed by atoms with Crippen molar-refractivity contribution in [2.24, 2.45) is 0 Å². The van der Waals surface area contributed by atoms with Gasteiger partial charge in [-0.1, -0.05) is 23.9 Å². The van der Waals surface area contributed by atoms with Gasteiger partial charge in [0.2, 0.25) is 5.12 Å². The summed E-state index contributed by atoms with van der Waals surface area (Å²) < 4.78 is 5.01. The molecular formula is C13H17NO3S. The summed E-state index contributed by atoms with van der Waals surface area (Å²) in [6.45, 7) is 2.15. The monoisotopic (exact) mass is 267 g/mol. The van der Waals surface area contributed by atoms with Gasteiger partial charge in [-0.25, -0.2) is 0 Å². The number of carbonyl (C=O) groups is 2. The van der Waals surface area contributed by atoms with Crippen molar-refractivity contribution in [2.45, 2.75) is 6.92 Å². The molecule has 5 heteroatoms. The van der Waals surface area contributed by atoms with Crippen LogP contribution in [0.2, 0.25) is 0 Å².